The van der Waals surface area contributed by atoms with Crippen molar-refractivity contribution in [3.8, 4) is 0 Å². The second kappa shape index (κ2) is 51.4. The van der Waals surface area contributed by atoms with Gasteiger partial charge in [0.2, 0.25) is 0 Å². The number of hydrogen-bond acceptors (Lipinski definition) is 7. The Morgan fingerprint density at radius 1 is 0.457 bits per heavy atom. The summed E-state index contributed by atoms with van der Waals surface area (Å²) in [5.41, 5.74) is 0. The first-order chi connectivity index (χ1) is 34.0. The topological polar surface area (TPSA) is 108 Å². The third-order valence-corrected chi connectivity index (χ3v) is 13.2. The van der Waals surface area contributed by atoms with E-state index in [2.05, 4.69) is 86.8 Å². The number of carbonyl (C=O) groups is 2. The van der Waals surface area contributed by atoms with Gasteiger partial charge >= 0.3 is 19.8 Å². The van der Waals surface area contributed by atoms with E-state index in [1.807, 2.05) is 21.1 Å². The number of nitrogens with zero attached hydrogens (tertiary/aromatic N) is 1. The molecule has 0 rings (SSSR count). The van der Waals surface area contributed by atoms with Crippen LogP contribution in [0, 0.1) is 0 Å². The number of likely N-dealkylation sites (N-methyl/N-ethyl adjacent to an activating group) is 1. The van der Waals surface area contributed by atoms with Gasteiger partial charge in [-0.25, -0.2) is 4.57 Å². The lowest BCUT2D eigenvalue weighted by atomic mass is 10.0. The Morgan fingerprint density at radius 3 is 1.21 bits per heavy atom. The highest BCUT2D eigenvalue weighted by Crippen LogP contribution is 2.43. The van der Waals surface area contributed by atoms with Gasteiger partial charge in [0.15, 0.2) is 6.10 Å². The van der Waals surface area contributed by atoms with Crippen LogP contribution in [0.1, 0.15) is 245 Å². The number of quaternary nitrogens is 1. The number of carbonyl (C=O) groups excluding carboxylic acids is 2. The summed E-state index contributed by atoms with van der Waals surface area (Å²) in [7, 11) is 1.46. The predicted octanol–water partition coefficient (Wildman–Crippen LogP) is 17.7. The van der Waals surface area contributed by atoms with Crippen LogP contribution in [0.4, 0.5) is 0 Å². The van der Waals surface area contributed by atoms with Crippen molar-refractivity contribution in [2.24, 2.45) is 0 Å². The molecule has 0 fully saturated rings. The van der Waals surface area contributed by atoms with E-state index in [0.29, 0.717) is 17.4 Å². The van der Waals surface area contributed by atoms with Crippen molar-refractivity contribution in [1.82, 2.24) is 0 Å². The number of hydrogen-bond donors (Lipinski definition) is 1. The van der Waals surface area contributed by atoms with E-state index in [1.165, 1.54) is 116 Å². The van der Waals surface area contributed by atoms with Gasteiger partial charge in [-0.3, -0.25) is 18.6 Å². The molecular formula is C60H109NO8P+. The Hall–Kier alpha value is -2.55. The average molecular weight is 1000 g/mol. The van der Waals surface area contributed by atoms with Gasteiger partial charge in [-0.1, -0.05) is 241 Å². The molecule has 0 saturated carbocycles. The zero-order valence-corrected chi connectivity index (χ0v) is 46.9. The first kappa shape index (κ1) is 67.5. The Labute approximate surface area is 431 Å². The molecule has 0 aliphatic rings. The summed E-state index contributed by atoms with van der Waals surface area (Å²) in [5, 5.41) is 0. The summed E-state index contributed by atoms with van der Waals surface area (Å²) in [6.45, 7) is 4.32. The van der Waals surface area contributed by atoms with Crippen LogP contribution in [-0.4, -0.2) is 74.9 Å². The van der Waals surface area contributed by atoms with E-state index < -0.39 is 26.5 Å². The van der Waals surface area contributed by atoms with Crippen LogP contribution in [0.15, 0.2) is 72.9 Å². The fraction of sp³-hybridized carbons (Fsp3) is 0.767. The number of rotatable bonds is 52. The minimum atomic E-state index is -4.39. The highest BCUT2D eigenvalue weighted by Gasteiger charge is 2.27. The number of allylic oxidation sites excluding steroid dienone is 12. The predicted molar refractivity (Wildman–Crippen MR) is 298 cm³/mol. The second-order valence-electron chi connectivity index (χ2n) is 20.3. The standard InChI is InChI=1S/C60H108NO8P/c1-6-8-10-12-14-16-18-20-22-24-26-28-29-30-31-33-35-37-39-41-43-45-47-49-51-53-60(63)69-58(57-68-70(64,65)67-55-54-61(3,4)5)56-66-59(62)52-50-48-46-44-42-40-38-36-34-32-27-25-23-21-19-17-15-13-11-9-7-2/h8,10,14,16,20,22,26,28,30-31,35,37,58H,6-7,9,11-13,15,17-19,21,23-25,27,29,32-34,36,38-57H2,1-5H3/p+1/b10-8-,16-14-,22-20-,28-26-,31-30-,37-35-. The van der Waals surface area contributed by atoms with E-state index in [1.54, 1.807) is 0 Å². The van der Waals surface area contributed by atoms with Gasteiger partial charge in [-0.05, 0) is 64.2 Å². The minimum Gasteiger partial charge on any atom is -0.462 e. The van der Waals surface area contributed by atoms with Crippen molar-refractivity contribution in [3.05, 3.63) is 72.9 Å². The van der Waals surface area contributed by atoms with Gasteiger partial charge in [0.05, 0.1) is 27.7 Å². The molecule has 0 amide bonds. The summed E-state index contributed by atoms with van der Waals surface area (Å²) in [6, 6.07) is 0. The number of phosphoric acid groups is 1. The minimum absolute atomic E-state index is 0.0265. The molecule has 1 N–H and O–H groups in total. The lowest BCUT2D eigenvalue weighted by Gasteiger charge is -2.24. The van der Waals surface area contributed by atoms with Crippen LogP contribution in [0.25, 0.3) is 0 Å². The zero-order valence-electron chi connectivity index (χ0n) is 46.0. The molecule has 2 atom stereocenters. The van der Waals surface area contributed by atoms with E-state index in [0.717, 1.165) is 96.3 Å². The van der Waals surface area contributed by atoms with Crippen molar-refractivity contribution in [2.75, 3.05) is 47.5 Å². The molecule has 0 spiro atoms. The monoisotopic (exact) mass is 1000 g/mol. The van der Waals surface area contributed by atoms with Crippen molar-refractivity contribution in [1.29, 1.82) is 0 Å². The van der Waals surface area contributed by atoms with Crippen molar-refractivity contribution < 1.29 is 42.1 Å². The number of ether oxygens (including phenoxy) is 2. The molecule has 10 heteroatoms. The van der Waals surface area contributed by atoms with Crippen LogP contribution in [0.5, 0.6) is 0 Å². The van der Waals surface area contributed by atoms with Crippen LogP contribution >= 0.6 is 7.82 Å². The Balaban J connectivity index is 4.22. The van der Waals surface area contributed by atoms with Gasteiger partial charge in [0.25, 0.3) is 0 Å². The smallest absolute Gasteiger partial charge is 0.462 e. The van der Waals surface area contributed by atoms with Crippen LogP contribution in [-0.2, 0) is 32.7 Å². The maximum Gasteiger partial charge on any atom is 0.472 e. The third-order valence-electron chi connectivity index (χ3n) is 12.3. The fourth-order valence-corrected chi connectivity index (χ4v) is 8.58. The van der Waals surface area contributed by atoms with Crippen LogP contribution in [0.3, 0.4) is 0 Å². The summed E-state index contributed by atoms with van der Waals surface area (Å²) in [5.74, 6) is -0.809. The summed E-state index contributed by atoms with van der Waals surface area (Å²) < 4.78 is 34.6. The second-order valence-corrected chi connectivity index (χ2v) is 21.8. The number of phosphoric ester groups is 1. The average Bonchev–Trinajstić information content (AvgIpc) is 3.32. The molecule has 0 bridgehead atoms. The highest BCUT2D eigenvalue weighted by atomic mass is 31.2. The first-order valence-electron chi connectivity index (χ1n) is 28.7. The summed E-state index contributed by atoms with van der Waals surface area (Å²) in [6.07, 6.45) is 66.8. The Kier molecular flexibility index (Phi) is 49.5. The quantitative estimate of drug-likeness (QED) is 0.0211. The van der Waals surface area contributed by atoms with Crippen LogP contribution < -0.4 is 0 Å². The number of unbranched alkanes of at least 4 members (excludes halogenated alkanes) is 26. The van der Waals surface area contributed by atoms with Gasteiger partial charge in [0, 0.05) is 12.8 Å². The molecule has 0 aromatic heterocycles. The van der Waals surface area contributed by atoms with E-state index in [4.69, 9.17) is 18.5 Å². The first-order valence-corrected chi connectivity index (χ1v) is 30.2. The van der Waals surface area contributed by atoms with Gasteiger partial charge < -0.3 is 18.9 Å². The van der Waals surface area contributed by atoms with Crippen LogP contribution in [0.2, 0.25) is 0 Å². The van der Waals surface area contributed by atoms with Gasteiger partial charge in [-0.15, -0.1) is 0 Å². The van der Waals surface area contributed by atoms with E-state index in [9.17, 15) is 19.0 Å². The molecule has 406 valence electrons. The Morgan fingerprint density at radius 2 is 0.814 bits per heavy atom. The lowest BCUT2D eigenvalue weighted by Crippen LogP contribution is -2.37. The van der Waals surface area contributed by atoms with E-state index >= 15 is 0 Å². The Bertz CT molecular complexity index is 1410. The van der Waals surface area contributed by atoms with Crippen molar-refractivity contribution >= 4 is 19.8 Å². The molecule has 0 aromatic rings. The molecule has 9 nitrogen and oxygen atoms in total. The normalized spacial score (nSPS) is 13.9. The summed E-state index contributed by atoms with van der Waals surface area (Å²) >= 11 is 0. The molecule has 0 heterocycles. The molecule has 0 aliphatic heterocycles. The molecule has 0 aromatic carbocycles. The fourth-order valence-electron chi connectivity index (χ4n) is 7.84. The van der Waals surface area contributed by atoms with Crippen molar-refractivity contribution in [2.45, 2.75) is 251 Å². The van der Waals surface area contributed by atoms with Gasteiger partial charge in [0.1, 0.15) is 19.8 Å². The number of esters is 2. The van der Waals surface area contributed by atoms with Crippen molar-refractivity contribution in [3.63, 3.8) is 0 Å². The summed E-state index contributed by atoms with van der Waals surface area (Å²) in [4.78, 5) is 35.7. The molecule has 0 saturated heterocycles. The van der Waals surface area contributed by atoms with E-state index in [-0.39, 0.29) is 32.0 Å². The molecular weight excluding hydrogens is 894 g/mol. The molecule has 2 unspecified atom stereocenters. The largest absolute Gasteiger partial charge is 0.472 e. The third kappa shape index (κ3) is 54.8. The molecule has 0 radical (unpaired) electrons. The maximum absolute atomic E-state index is 12.8. The van der Waals surface area contributed by atoms with Gasteiger partial charge in [-0.2, -0.15) is 0 Å². The molecule has 0 aliphatic carbocycles. The highest BCUT2D eigenvalue weighted by molar-refractivity contribution is 7.47. The lowest BCUT2D eigenvalue weighted by molar-refractivity contribution is -0.870. The SMILES string of the molecule is CC/C=C\C/C=C\C/C=C\C/C=C\C/C=C\C/C=C\CCCCCCCCC(=O)OC(COC(=O)CCCCCCCCCCCCCCCCCCCCCCC)COP(=O)(O)OCC[N+](C)(C)C. The molecule has 70 heavy (non-hydrogen) atoms. The zero-order chi connectivity index (χ0) is 51.3. The maximum atomic E-state index is 12.8.